The van der Waals surface area contributed by atoms with Crippen LogP contribution in [0.5, 0.6) is 0 Å². The van der Waals surface area contributed by atoms with Gasteiger partial charge in [0, 0.05) is 11.3 Å². The van der Waals surface area contributed by atoms with Crippen molar-refractivity contribution in [1.82, 2.24) is 15.8 Å². The number of hydrazine groups is 1. The second-order valence-electron chi connectivity index (χ2n) is 7.15. The maximum absolute atomic E-state index is 13.2. The minimum Gasteiger partial charge on any atom is -0.321 e. The molecule has 1 aliphatic heterocycles. The number of carbonyl (C=O) groups excluding carboxylic acids is 4. The molecular weight excluding hydrogens is 428 g/mol. The van der Waals surface area contributed by atoms with Crippen LogP contribution in [-0.2, 0) is 10.3 Å². The van der Waals surface area contributed by atoms with Crippen molar-refractivity contribution in [2.24, 2.45) is 0 Å². The molecule has 3 N–H and O–H groups in total. The molecule has 1 atom stereocenters. The lowest BCUT2D eigenvalue weighted by Crippen LogP contribution is -2.48. The average molecular weight is 449 g/mol. The van der Waals surface area contributed by atoms with E-state index in [1.807, 2.05) is 6.07 Å². The smallest absolute Gasteiger partial charge is 0.321 e. The fourth-order valence-electron chi connectivity index (χ4n) is 3.54. The van der Waals surface area contributed by atoms with Crippen LogP contribution in [0.15, 0.2) is 72.1 Å². The van der Waals surface area contributed by atoms with Crippen LogP contribution in [0, 0.1) is 0 Å². The number of benzene rings is 2. The van der Waals surface area contributed by atoms with Gasteiger partial charge in [-0.1, -0.05) is 49.4 Å². The maximum Gasteiger partial charge on any atom is 0.344 e. The Balaban J connectivity index is 1.51. The Morgan fingerprint density at radius 2 is 1.78 bits per heavy atom. The molecule has 0 spiro atoms. The molecule has 4 rings (SSSR count). The molecule has 0 bridgehead atoms. The topological polar surface area (TPSA) is 108 Å². The van der Waals surface area contributed by atoms with E-state index in [0.29, 0.717) is 27.6 Å². The van der Waals surface area contributed by atoms with Crippen molar-refractivity contribution in [3.63, 3.8) is 0 Å². The molecule has 1 saturated heterocycles. The summed E-state index contributed by atoms with van der Waals surface area (Å²) in [4.78, 5) is 51.3. The van der Waals surface area contributed by atoms with Crippen molar-refractivity contribution >= 4 is 40.8 Å². The van der Waals surface area contributed by atoms with Crippen molar-refractivity contribution in [2.45, 2.75) is 18.9 Å². The van der Waals surface area contributed by atoms with Gasteiger partial charge in [-0.2, -0.15) is 5.01 Å². The second kappa shape index (κ2) is 8.64. The molecule has 1 fully saturated rings. The SMILES string of the molecule is CC[C@]1(c2ccccc2)NC(=O)N(NC(=O)c2cccc(NC(=O)c3cccs3)c2)C1=O. The van der Waals surface area contributed by atoms with Crippen LogP contribution >= 0.6 is 11.3 Å². The number of urea groups is 1. The quantitative estimate of drug-likeness (QED) is 0.502. The predicted octanol–water partition coefficient (Wildman–Crippen LogP) is 3.50. The molecule has 1 aliphatic rings. The minimum absolute atomic E-state index is 0.184. The zero-order chi connectivity index (χ0) is 22.7. The summed E-state index contributed by atoms with van der Waals surface area (Å²) >= 11 is 1.30. The Morgan fingerprint density at radius 1 is 1.00 bits per heavy atom. The van der Waals surface area contributed by atoms with E-state index >= 15 is 0 Å². The van der Waals surface area contributed by atoms with E-state index in [9.17, 15) is 19.2 Å². The summed E-state index contributed by atoms with van der Waals surface area (Å²) in [6.07, 6.45) is 0.318. The number of thiophene rings is 1. The largest absolute Gasteiger partial charge is 0.344 e. The summed E-state index contributed by atoms with van der Waals surface area (Å²) in [6.45, 7) is 1.79. The summed E-state index contributed by atoms with van der Waals surface area (Å²) in [5.74, 6) is -1.50. The van der Waals surface area contributed by atoms with Gasteiger partial charge in [0.05, 0.1) is 4.88 Å². The first-order valence-electron chi connectivity index (χ1n) is 9.93. The van der Waals surface area contributed by atoms with Crippen molar-refractivity contribution in [2.75, 3.05) is 5.32 Å². The summed E-state index contributed by atoms with van der Waals surface area (Å²) < 4.78 is 0. The first-order chi connectivity index (χ1) is 15.4. The molecule has 2 aromatic carbocycles. The molecule has 0 radical (unpaired) electrons. The van der Waals surface area contributed by atoms with Gasteiger partial charge in [0.15, 0.2) is 0 Å². The lowest BCUT2D eigenvalue weighted by atomic mass is 9.87. The van der Waals surface area contributed by atoms with Gasteiger partial charge in [-0.3, -0.25) is 19.8 Å². The number of rotatable bonds is 6. The number of carbonyl (C=O) groups is 4. The molecule has 162 valence electrons. The monoisotopic (exact) mass is 448 g/mol. The first-order valence-corrected chi connectivity index (χ1v) is 10.8. The van der Waals surface area contributed by atoms with E-state index < -0.39 is 23.4 Å². The van der Waals surface area contributed by atoms with E-state index in [1.54, 1.807) is 60.8 Å². The van der Waals surface area contributed by atoms with Crippen LogP contribution in [0.3, 0.4) is 0 Å². The average Bonchev–Trinajstić information content (AvgIpc) is 3.43. The van der Waals surface area contributed by atoms with E-state index in [-0.39, 0.29) is 11.5 Å². The van der Waals surface area contributed by atoms with Gasteiger partial charge in [0.1, 0.15) is 5.54 Å². The Hall–Kier alpha value is -3.98. The summed E-state index contributed by atoms with van der Waals surface area (Å²) in [6, 6.07) is 17.9. The van der Waals surface area contributed by atoms with Gasteiger partial charge in [-0.05, 0) is 41.6 Å². The number of amides is 5. The van der Waals surface area contributed by atoms with Crippen molar-refractivity contribution in [3.8, 4) is 0 Å². The maximum atomic E-state index is 13.2. The normalized spacial score (nSPS) is 17.7. The van der Waals surface area contributed by atoms with Gasteiger partial charge < -0.3 is 10.6 Å². The van der Waals surface area contributed by atoms with Crippen molar-refractivity contribution < 1.29 is 19.2 Å². The third kappa shape index (κ3) is 3.85. The van der Waals surface area contributed by atoms with Crippen molar-refractivity contribution in [1.29, 1.82) is 0 Å². The molecule has 0 aliphatic carbocycles. The fourth-order valence-corrected chi connectivity index (χ4v) is 4.16. The number of anilines is 1. The lowest BCUT2D eigenvalue weighted by Gasteiger charge is -2.25. The molecule has 3 aromatic rings. The third-order valence-corrected chi connectivity index (χ3v) is 6.10. The van der Waals surface area contributed by atoms with E-state index in [4.69, 9.17) is 0 Å². The molecule has 1 aromatic heterocycles. The zero-order valence-corrected chi connectivity index (χ0v) is 17.9. The van der Waals surface area contributed by atoms with Crippen molar-refractivity contribution in [3.05, 3.63) is 88.1 Å². The van der Waals surface area contributed by atoms with Crippen LogP contribution < -0.4 is 16.1 Å². The van der Waals surface area contributed by atoms with Crippen LogP contribution in [0.4, 0.5) is 10.5 Å². The highest BCUT2D eigenvalue weighted by Crippen LogP contribution is 2.31. The van der Waals surface area contributed by atoms with Gasteiger partial charge in [-0.15, -0.1) is 11.3 Å². The van der Waals surface area contributed by atoms with Gasteiger partial charge in [0.2, 0.25) is 0 Å². The molecular formula is C23H20N4O4S. The summed E-state index contributed by atoms with van der Waals surface area (Å²) in [5, 5.41) is 7.93. The van der Waals surface area contributed by atoms with E-state index in [1.165, 1.54) is 23.5 Å². The van der Waals surface area contributed by atoms with E-state index in [2.05, 4.69) is 16.1 Å². The summed E-state index contributed by atoms with van der Waals surface area (Å²) in [7, 11) is 0. The highest BCUT2D eigenvalue weighted by Gasteiger charge is 2.52. The highest BCUT2D eigenvalue weighted by molar-refractivity contribution is 7.12. The zero-order valence-electron chi connectivity index (χ0n) is 17.1. The molecule has 5 amide bonds. The number of hydrogen-bond donors (Lipinski definition) is 3. The molecule has 2 heterocycles. The van der Waals surface area contributed by atoms with Gasteiger partial charge >= 0.3 is 6.03 Å². The van der Waals surface area contributed by atoms with Crippen LogP contribution in [0.1, 0.15) is 38.9 Å². The number of hydrogen-bond acceptors (Lipinski definition) is 5. The predicted molar refractivity (Wildman–Crippen MR) is 120 cm³/mol. The highest BCUT2D eigenvalue weighted by atomic mass is 32.1. The molecule has 8 nitrogen and oxygen atoms in total. The molecule has 0 saturated carbocycles. The second-order valence-corrected chi connectivity index (χ2v) is 8.10. The Bertz CT molecular complexity index is 1180. The van der Waals surface area contributed by atoms with E-state index in [0.717, 1.165) is 0 Å². The summed E-state index contributed by atoms with van der Waals surface area (Å²) in [5.41, 5.74) is 2.37. The first kappa shape index (κ1) is 21.3. The van der Waals surface area contributed by atoms with Crippen LogP contribution in [0.25, 0.3) is 0 Å². The Labute approximate surface area is 188 Å². The van der Waals surface area contributed by atoms with Crippen LogP contribution in [0.2, 0.25) is 0 Å². The number of nitrogens with zero attached hydrogens (tertiary/aromatic N) is 1. The Kier molecular flexibility index (Phi) is 5.74. The standard InChI is InChI=1S/C23H20N4O4S/c1-2-23(16-9-4-3-5-10-16)21(30)27(22(31)25-23)26-19(28)15-8-6-11-17(14-15)24-20(29)18-12-7-13-32-18/h3-14H,2H2,1H3,(H,24,29)(H,25,31)(H,26,28)/t23-/m1/s1. The fraction of sp³-hybridized carbons (Fsp3) is 0.130. The Morgan fingerprint density at radius 3 is 2.47 bits per heavy atom. The number of imide groups is 1. The van der Waals surface area contributed by atoms with Crippen LogP contribution in [-0.4, -0.2) is 28.8 Å². The van der Waals surface area contributed by atoms with Gasteiger partial charge in [0.25, 0.3) is 17.7 Å². The number of nitrogens with one attached hydrogen (secondary N) is 3. The molecule has 0 unspecified atom stereocenters. The minimum atomic E-state index is -1.25. The lowest BCUT2D eigenvalue weighted by molar-refractivity contribution is -0.133. The molecule has 9 heteroatoms. The molecule has 32 heavy (non-hydrogen) atoms. The third-order valence-electron chi connectivity index (χ3n) is 5.23. The van der Waals surface area contributed by atoms with Gasteiger partial charge in [-0.25, -0.2) is 4.79 Å².